The summed E-state index contributed by atoms with van der Waals surface area (Å²) in [5, 5.41) is 22.9. The summed E-state index contributed by atoms with van der Waals surface area (Å²) in [6.07, 6.45) is 3.73. The molecule has 0 saturated carbocycles. The van der Waals surface area contributed by atoms with Crippen LogP contribution in [-0.2, 0) is 20.7 Å². The zero-order valence-electron chi connectivity index (χ0n) is 28.1. The zero-order valence-corrected chi connectivity index (χ0v) is 31.4. The van der Waals surface area contributed by atoms with Crippen molar-refractivity contribution in [3.8, 4) is 21.1 Å². The van der Waals surface area contributed by atoms with Crippen molar-refractivity contribution in [2.45, 2.75) is 27.2 Å². The molecular formula is C33H33FN4O14S4. The van der Waals surface area contributed by atoms with Crippen LogP contribution in [0.25, 0.3) is 43.1 Å². The average molecular weight is 857 g/mol. The fourth-order valence-electron chi connectivity index (χ4n) is 4.13. The number of fused-ring (bicyclic) bond motifs is 2. The number of anilines is 1. The summed E-state index contributed by atoms with van der Waals surface area (Å²) < 4.78 is 76.6. The Labute approximate surface area is 325 Å². The lowest BCUT2D eigenvalue weighted by Gasteiger charge is -2.06. The molecule has 2 aromatic carbocycles. The molecule has 56 heavy (non-hydrogen) atoms. The van der Waals surface area contributed by atoms with Gasteiger partial charge < -0.3 is 30.1 Å². The number of carbonyl (C=O) groups is 2. The number of nitrogens with one attached hydrogen (secondary N) is 1. The van der Waals surface area contributed by atoms with Gasteiger partial charge in [-0.1, -0.05) is 14.4 Å². The molecule has 0 bridgehead atoms. The smallest absolute Gasteiger partial charge is 0.425 e. The minimum atomic E-state index is -3.77. The molecular weight excluding hydrogens is 824 g/mol. The number of hydrogen-bond donors (Lipinski definition) is 5. The molecule has 0 aliphatic carbocycles. The van der Waals surface area contributed by atoms with Crippen LogP contribution in [0.3, 0.4) is 0 Å². The number of nitrogens with zero attached hydrogens (tertiary/aromatic N) is 2. The Hall–Kier alpha value is -5.72. The van der Waals surface area contributed by atoms with Crippen molar-refractivity contribution in [1.82, 2.24) is 9.97 Å². The summed E-state index contributed by atoms with van der Waals surface area (Å²) in [5.41, 5.74) is 5.67. The van der Waals surface area contributed by atoms with Crippen LogP contribution in [0.5, 0.6) is 0 Å². The largest absolute Gasteiger partial charge is 0.477 e. The van der Waals surface area contributed by atoms with Gasteiger partial charge in [0.2, 0.25) is 0 Å². The van der Waals surface area contributed by atoms with E-state index < -0.39 is 49.7 Å². The maximum atomic E-state index is 13.0. The van der Waals surface area contributed by atoms with E-state index in [1.807, 2.05) is 12.1 Å². The second-order valence-electron chi connectivity index (χ2n) is 10.6. The summed E-state index contributed by atoms with van der Waals surface area (Å²) in [4.78, 5) is 53.8. The van der Waals surface area contributed by atoms with Crippen molar-refractivity contribution < 1.29 is 58.6 Å². The average Bonchev–Trinajstić information content (AvgIpc) is 3.81. The minimum absolute atomic E-state index is 0. The van der Waals surface area contributed by atoms with Crippen molar-refractivity contribution in [1.29, 1.82) is 0 Å². The van der Waals surface area contributed by atoms with E-state index in [1.165, 1.54) is 30.6 Å². The summed E-state index contributed by atoms with van der Waals surface area (Å²) >= 11 is 1.82. The summed E-state index contributed by atoms with van der Waals surface area (Å²) in [5.74, 6) is -2.91. The molecule has 0 radical (unpaired) electrons. The number of rotatable bonds is 10. The van der Waals surface area contributed by atoms with Gasteiger partial charge in [-0.3, -0.25) is 4.55 Å². The highest BCUT2D eigenvalue weighted by Crippen LogP contribution is 2.28. The van der Waals surface area contributed by atoms with Crippen molar-refractivity contribution in [3.05, 3.63) is 97.3 Å². The normalized spacial score (nSPS) is 10.4. The van der Waals surface area contributed by atoms with E-state index in [2.05, 4.69) is 22.2 Å². The predicted molar refractivity (Wildman–Crippen MR) is 206 cm³/mol. The second-order valence-corrected chi connectivity index (χ2v) is 14.6. The van der Waals surface area contributed by atoms with Crippen LogP contribution in [0.2, 0.25) is 0 Å². The molecule has 18 nitrogen and oxygen atoms in total. The van der Waals surface area contributed by atoms with Gasteiger partial charge in [-0.2, -0.15) is 8.42 Å². The number of carboxylic acid groups (broad SMARTS) is 2. The lowest BCUT2D eigenvalue weighted by molar-refractivity contribution is 0.0691. The molecule has 0 saturated heterocycles. The van der Waals surface area contributed by atoms with Gasteiger partial charge in [0.25, 0.3) is 10.1 Å². The number of hydrogen-bond acceptors (Lipinski definition) is 17. The van der Waals surface area contributed by atoms with Crippen LogP contribution < -0.4 is 22.3 Å². The Morgan fingerprint density at radius 3 is 1.71 bits per heavy atom. The van der Waals surface area contributed by atoms with E-state index in [4.69, 9.17) is 42.0 Å². The summed E-state index contributed by atoms with van der Waals surface area (Å²) in [6.45, 7) is 3.20. The topological polar surface area (TPSA) is 304 Å². The van der Waals surface area contributed by atoms with Crippen LogP contribution in [-0.4, -0.2) is 76.6 Å². The molecule has 23 heteroatoms. The van der Waals surface area contributed by atoms with E-state index in [1.54, 1.807) is 12.1 Å². The number of benzene rings is 2. The Kier molecular flexibility index (Phi) is 17.7. The molecule has 0 aliphatic heterocycles. The van der Waals surface area contributed by atoms with Crippen LogP contribution in [0.1, 0.15) is 46.5 Å². The first-order valence-corrected chi connectivity index (χ1v) is 19.5. The Bertz CT molecular complexity index is 2650. The van der Waals surface area contributed by atoms with Crippen LogP contribution in [0.15, 0.2) is 79.3 Å². The third kappa shape index (κ3) is 14.2. The van der Waals surface area contributed by atoms with Gasteiger partial charge >= 0.3 is 33.8 Å². The van der Waals surface area contributed by atoms with Gasteiger partial charge in [0, 0.05) is 35.1 Å². The first-order chi connectivity index (χ1) is 25.9. The van der Waals surface area contributed by atoms with Crippen molar-refractivity contribution >= 4 is 83.0 Å². The predicted octanol–water partition coefficient (Wildman–Crippen LogP) is 5.05. The van der Waals surface area contributed by atoms with Gasteiger partial charge in [-0.15, -0.1) is 35.3 Å². The third-order valence-corrected chi connectivity index (χ3v) is 9.36. The van der Waals surface area contributed by atoms with Crippen molar-refractivity contribution in [3.63, 3.8) is 0 Å². The molecule has 0 unspecified atom stereocenters. The summed E-state index contributed by atoms with van der Waals surface area (Å²) in [7, 11) is -6.88. The van der Waals surface area contributed by atoms with Crippen LogP contribution >= 0.6 is 22.7 Å². The van der Waals surface area contributed by atoms with Gasteiger partial charge in [-0.25, -0.2) is 33.5 Å². The number of aromatic carboxylic acids is 2. The standard InChI is InChI=1S/C16H14N2O4S.C13H6FNO4S.C3H9NO3S.CH4.O3S/c1-2-5-17-10-4-3-9-6-11(16(21)22-12(9)7-10)14-18-8-13(23-14)15(19)20;14-7-2-1-6-3-8(13(18)19-9(6)4-7)11-15-5-10(20-11)12(16)17;4-2-1-3-8(5,6)7;;1-4(2)3/h3-4,6-8,17H,2,5H2,1H3,(H,19,20);1-5H,(H,16,17);1-4H2,(H,5,6,7);1H4;. The monoisotopic (exact) mass is 856 g/mol. The Morgan fingerprint density at radius 1 is 0.857 bits per heavy atom. The zero-order chi connectivity index (χ0) is 40.9. The molecule has 0 fully saturated rings. The second kappa shape index (κ2) is 21.4. The lowest BCUT2D eigenvalue weighted by atomic mass is 10.1. The fraction of sp³-hybridized carbons (Fsp3) is 0.212. The van der Waals surface area contributed by atoms with E-state index in [-0.39, 0.29) is 44.7 Å². The molecule has 4 aromatic heterocycles. The van der Waals surface area contributed by atoms with E-state index in [0.717, 1.165) is 52.8 Å². The third-order valence-electron chi connectivity index (χ3n) is 6.51. The molecule has 0 spiro atoms. The molecule has 6 rings (SSSR count). The Balaban J connectivity index is 0.000000299. The minimum Gasteiger partial charge on any atom is -0.477 e. The molecule has 6 N–H and O–H groups in total. The quantitative estimate of drug-likeness (QED) is 0.0889. The SMILES string of the molecule is C.CCCNc1ccc2cc(-c3ncc(C(=O)O)s3)c(=O)oc2c1.NCCCS(=O)(=O)O.O=C(O)c1cnc(-c2cc3ccc(F)cc3oc2=O)s1.O=S(=O)=O. The summed E-state index contributed by atoms with van der Waals surface area (Å²) in [6, 6.07) is 12.6. The Morgan fingerprint density at radius 2 is 1.32 bits per heavy atom. The maximum Gasteiger partial charge on any atom is 0.425 e. The molecule has 0 aliphatic rings. The number of halogens is 1. The first kappa shape index (κ1) is 46.4. The maximum absolute atomic E-state index is 13.0. The fourth-order valence-corrected chi connectivity index (χ4v) is 6.18. The van der Waals surface area contributed by atoms with Gasteiger partial charge in [0.15, 0.2) is 0 Å². The van der Waals surface area contributed by atoms with Crippen molar-refractivity contribution in [2.75, 3.05) is 24.2 Å². The first-order valence-electron chi connectivity index (χ1n) is 15.3. The van der Waals surface area contributed by atoms with E-state index in [0.29, 0.717) is 28.9 Å². The van der Waals surface area contributed by atoms with Gasteiger partial charge in [0.05, 0.1) is 29.3 Å². The number of carboxylic acids is 2. The van der Waals surface area contributed by atoms with E-state index >= 15 is 0 Å². The highest BCUT2D eigenvalue weighted by molar-refractivity contribution is 7.85. The lowest BCUT2D eigenvalue weighted by Crippen LogP contribution is -2.09. The van der Waals surface area contributed by atoms with Crippen LogP contribution in [0.4, 0.5) is 10.1 Å². The van der Waals surface area contributed by atoms with E-state index in [9.17, 15) is 32.0 Å². The molecule has 4 heterocycles. The molecule has 300 valence electrons. The van der Waals surface area contributed by atoms with Crippen LogP contribution in [0, 0.1) is 5.82 Å². The van der Waals surface area contributed by atoms with Gasteiger partial charge in [-0.05, 0) is 55.8 Å². The highest BCUT2D eigenvalue weighted by Gasteiger charge is 2.16. The number of aromatic nitrogens is 2. The molecule has 0 atom stereocenters. The highest BCUT2D eigenvalue weighted by atomic mass is 32.2. The molecule has 6 aromatic rings. The molecule has 0 amide bonds. The number of nitrogens with two attached hydrogens (primary N) is 1. The van der Waals surface area contributed by atoms with Gasteiger partial charge in [0.1, 0.15) is 36.8 Å². The van der Waals surface area contributed by atoms with Crippen molar-refractivity contribution in [2.24, 2.45) is 5.73 Å². The number of thiazole rings is 2.